The number of piperidine rings is 1. The SMILES string of the molecule is CC1(O)CCN(Cc2ccc(C(=O)O)cc2)CC1. The molecule has 4 nitrogen and oxygen atoms in total. The van der Waals surface area contributed by atoms with Gasteiger partial charge >= 0.3 is 5.97 Å². The van der Waals surface area contributed by atoms with Crippen LogP contribution in [-0.2, 0) is 6.54 Å². The molecule has 0 bridgehead atoms. The summed E-state index contributed by atoms with van der Waals surface area (Å²) in [7, 11) is 0. The van der Waals surface area contributed by atoms with Crippen molar-refractivity contribution in [3.63, 3.8) is 0 Å². The van der Waals surface area contributed by atoms with Gasteiger partial charge in [-0.15, -0.1) is 0 Å². The van der Waals surface area contributed by atoms with Crippen molar-refractivity contribution in [2.75, 3.05) is 13.1 Å². The molecule has 0 saturated carbocycles. The molecule has 2 rings (SSSR count). The first-order valence-corrected chi connectivity index (χ1v) is 6.23. The Bertz CT molecular complexity index is 415. The standard InChI is InChI=1S/C14H19NO3/c1-14(18)6-8-15(9-7-14)10-11-2-4-12(5-3-11)13(16)17/h2-5,18H,6-10H2,1H3,(H,16,17). The minimum absolute atomic E-state index is 0.320. The van der Waals surface area contributed by atoms with E-state index in [4.69, 9.17) is 5.11 Å². The molecular weight excluding hydrogens is 230 g/mol. The molecule has 1 fully saturated rings. The number of likely N-dealkylation sites (tertiary alicyclic amines) is 1. The van der Waals surface area contributed by atoms with E-state index >= 15 is 0 Å². The summed E-state index contributed by atoms with van der Waals surface area (Å²) in [5, 5.41) is 18.7. The fourth-order valence-electron chi connectivity index (χ4n) is 2.20. The molecule has 0 amide bonds. The Morgan fingerprint density at radius 1 is 1.28 bits per heavy atom. The molecule has 0 unspecified atom stereocenters. The van der Waals surface area contributed by atoms with Gasteiger partial charge in [0.25, 0.3) is 0 Å². The second-order valence-corrected chi connectivity index (χ2v) is 5.28. The van der Waals surface area contributed by atoms with E-state index in [0.717, 1.165) is 38.0 Å². The van der Waals surface area contributed by atoms with E-state index in [2.05, 4.69) is 4.90 Å². The lowest BCUT2D eigenvalue weighted by Crippen LogP contribution is -2.41. The number of rotatable bonds is 3. The van der Waals surface area contributed by atoms with E-state index in [-0.39, 0.29) is 0 Å². The van der Waals surface area contributed by atoms with Crippen LogP contribution in [0.25, 0.3) is 0 Å². The molecule has 0 aliphatic carbocycles. The summed E-state index contributed by atoms with van der Waals surface area (Å²) < 4.78 is 0. The van der Waals surface area contributed by atoms with Crippen LogP contribution >= 0.6 is 0 Å². The highest BCUT2D eigenvalue weighted by Gasteiger charge is 2.26. The number of aliphatic hydroxyl groups is 1. The monoisotopic (exact) mass is 249 g/mol. The molecule has 98 valence electrons. The van der Waals surface area contributed by atoms with Crippen molar-refractivity contribution in [2.24, 2.45) is 0 Å². The maximum atomic E-state index is 10.7. The Labute approximate surface area is 107 Å². The molecule has 1 aromatic rings. The van der Waals surface area contributed by atoms with E-state index in [9.17, 15) is 9.90 Å². The van der Waals surface area contributed by atoms with Crippen molar-refractivity contribution in [3.05, 3.63) is 35.4 Å². The molecule has 0 radical (unpaired) electrons. The zero-order valence-corrected chi connectivity index (χ0v) is 10.6. The summed E-state index contributed by atoms with van der Waals surface area (Å²) in [6, 6.07) is 6.99. The summed E-state index contributed by atoms with van der Waals surface area (Å²) in [6.45, 7) is 4.46. The molecule has 1 saturated heterocycles. The third kappa shape index (κ3) is 3.31. The largest absolute Gasteiger partial charge is 0.478 e. The second-order valence-electron chi connectivity index (χ2n) is 5.28. The topological polar surface area (TPSA) is 60.8 Å². The summed E-state index contributed by atoms with van der Waals surface area (Å²) in [6.07, 6.45) is 1.58. The fourth-order valence-corrected chi connectivity index (χ4v) is 2.20. The van der Waals surface area contributed by atoms with Crippen LogP contribution in [0.1, 0.15) is 35.7 Å². The lowest BCUT2D eigenvalue weighted by Gasteiger charge is -2.35. The average Bonchev–Trinajstić information content (AvgIpc) is 2.33. The van der Waals surface area contributed by atoms with E-state index in [1.54, 1.807) is 12.1 Å². The summed E-state index contributed by atoms with van der Waals surface area (Å²) in [4.78, 5) is 13.0. The van der Waals surface area contributed by atoms with Crippen molar-refractivity contribution in [1.29, 1.82) is 0 Å². The summed E-state index contributed by atoms with van der Waals surface area (Å²) in [5.41, 5.74) is 0.908. The summed E-state index contributed by atoms with van der Waals surface area (Å²) >= 11 is 0. The lowest BCUT2D eigenvalue weighted by molar-refractivity contribution is -0.00731. The maximum Gasteiger partial charge on any atom is 0.335 e. The number of nitrogens with zero attached hydrogens (tertiary/aromatic N) is 1. The zero-order chi connectivity index (χ0) is 13.2. The molecule has 0 atom stereocenters. The van der Waals surface area contributed by atoms with Gasteiger partial charge in [-0.1, -0.05) is 12.1 Å². The Kier molecular flexibility index (Phi) is 3.68. The number of carbonyl (C=O) groups is 1. The average molecular weight is 249 g/mol. The molecule has 4 heteroatoms. The predicted octanol–water partition coefficient (Wildman–Crippen LogP) is 1.73. The molecular formula is C14H19NO3. The molecule has 1 aromatic carbocycles. The van der Waals surface area contributed by atoms with Crippen LogP contribution in [0, 0.1) is 0 Å². The number of carboxylic acid groups (broad SMARTS) is 1. The quantitative estimate of drug-likeness (QED) is 0.856. The van der Waals surface area contributed by atoms with Crippen molar-refractivity contribution >= 4 is 5.97 Å². The number of hydrogen-bond donors (Lipinski definition) is 2. The highest BCUT2D eigenvalue weighted by atomic mass is 16.4. The summed E-state index contributed by atoms with van der Waals surface area (Å²) in [5.74, 6) is -0.893. The minimum Gasteiger partial charge on any atom is -0.478 e. The first-order valence-electron chi connectivity index (χ1n) is 6.23. The van der Waals surface area contributed by atoms with Gasteiger partial charge in [0.1, 0.15) is 0 Å². The first kappa shape index (κ1) is 13.1. The van der Waals surface area contributed by atoms with Crippen LogP contribution in [0.3, 0.4) is 0 Å². The van der Waals surface area contributed by atoms with Gasteiger partial charge in [-0.05, 0) is 37.5 Å². The van der Waals surface area contributed by atoms with E-state index in [0.29, 0.717) is 5.56 Å². The van der Waals surface area contributed by atoms with E-state index in [1.807, 2.05) is 19.1 Å². The number of benzene rings is 1. The van der Waals surface area contributed by atoms with Crippen molar-refractivity contribution in [2.45, 2.75) is 31.9 Å². The molecule has 1 heterocycles. The molecule has 1 aliphatic heterocycles. The van der Waals surface area contributed by atoms with Crippen molar-refractivity contribution in [1.82, 2.24) is 4.90 Å². The van der Waals surface area contributed by atoms with Gasteiger partial charge in [0.2, 0.25) is 0 Å². The van der Waals surface area contributed by atoms with Crippen molar-refractivity contribution in [3.8, 4) is 0 Å². The Hall–Kier alpha value is -1.39. The molecule has 0 spiro atoms. The minimum atomic E-state index is -0.893. The number of aromatic carboxylic acids is 1. The van der Waals surface area contributed by atoms with E-state index in [1.165, 1.54) is 0 Å². The van der Waals surface area contributed by atoms with Crippen LogP contribution in [-0.4, -0.2) is 39.8 Å². The van der Waals surface area contributed by atoms with Crippen LogP contribution in [0.15, 0.2) is 24.3 Å². The smallest absolute Gasteiger partial charge is 0.335 e. The van der Waals surface area contributed by atoms with Gasteiger partial charge in [-0.25, -0.2) is 4.79 Å². The van der Waals surface area contributed by atoms with Gasteiger partial charge in [0.15, 0.2) is 0 Å². The third-order valence-corrected chi connectivity index (χ3v) is 3.54. The molecule has 18 heavy (non-hydrogen) atoms. The fraction of sp³-hybridized carbons (Fsp3) is 0.500. The molecule has 0 aromatic heterocycles. The lowest BCUT2D eigenvalue weighted by atomic mass is 9.93. The highest BCUT2D eigenvalue weighted by molar-refractivity contribution is 5.87. The van der Waals surface area contributed by atoms with Gasteiger partial charge in [-0.2, -0.15) is 0 Å². The third-order valence-electron chi connectivity index (χ3n) is 3.54. The Morgan fingerprint density at radius 3 is 2.33 bits per heavy atom. The van der Waals surface area contributed by atoms with Crippen LogP contribution in [0.5, 0.6) is 0 Å². The van der Waals surface area contributed by atoms with Gasteiger partial charge in [0.05, 0.1) is 11.2 Å². The molecule has 1 aliphatic rings. The highest BCUT2D eigenvalue weighted by Crippen LogP contribution is 2.22. The van der Waals surface area contributed by atoms with Crippen LogP contribution in [0.2, 0.25) is 0 Å². The van der Waals surface area contributed by atoms with Crippen LogP contribution < -0.4 is 0 Å². The van der Waals surface area contributed by atoms with Gasteiger partial charge in [0, 0.05) is 19.6 Å². The van der Waals surface area contributed by atoms with Gasteiger partial charge < -0.3 is 10.2 Å². The molecule has 2 N–H and O–H groups in total. The zero-order valence-electron chi connectivity index (χ0n) is 10.6. The number of hydrogen-bond acceptors (Lipinski definition) is 3. The number of carboxylic acids is 1. The van der Waals surface area contributed by atoms with E-state index < -0.39 is 11.6 Å². The Morgan fingerprint density at radius 2 is 1.83 bits per heavy atom. The normalized spacial score (nSPS) is 19.7. The van der Waals surface area contributed by atoms with Crippen molar-refractivity contribution < 1.29 is 15.0 Å². The second kappa shape index (κ2) is 5.08. The maximum absolute atomic E-state index is 10.7. The Balaban J connectivity index is 1.92. The predicted molar refractivity (Wildman–Crippen MR) is 68.5 cm³/mol. The van der Waals surface area contributed by atoms with Crippen LogP contribution in [0.4, 0.5) is 0 Å². The first-order chi connectivity index (χ1) is 8.46. The van der Waals surface area contributed by atoms with Gasteiger partial charge in [-0.3, -0.25) is 4.90 Å².